The fourth-order valence-corrected chi connectivity index (χ4v) is 2.38. The van der Waals surface area contributed by atoms with Gasteiger partial charge in [0.15, 0.2) is 17.5 Å². The van der Waals surface area contributed by atoms with Crippen molar-refractivity contribution in [2.45, 2.75) is 46.7 Å². The normalized spacial score (nSPS) is 12.6. The Bertz CT molecular complexity index is 762. The van der Waals surface area contributed by atoms with E-state index in [1.165, 1.54) is 0 Å². The molecule has 0 radical (unpaired) electrons. The molecule has 0 aliphatic heterocycles. The molecule has 0 aliphatic rings. The van der Waals surface area contributed by atoms with Crippen LogP contribution in [0.1, 0.15) is 39.7 Å². The summed E-state index contributed by atoms with van der Waals surface area (Å²) >= 11 is 0. The number of hydrogen-bond donors (Lipinski definition) is 2. The van der Waals surface area contributed by atoms with Crippen molar-refractivity contribution in [2.75, 3.05) is 13.7 Å². The number of aliphatic imine (C=N–C) groups is 1. The van der Waals surface area contributed by atoms with Gasteiger partial charge in [0.25, 0.3) is 0 Å². The van der Waals surface area contributed by atoms with Crippen LogP contribution in [0.3, 0.4) is 0 Å². The Kier molecular flexibility index (Phi) is 8.59. The molecule has 2 rings (SSSR count). The summed E-state index contributed by atoms with van der Waals surface area (Å²) in [7, 11) is 1.77. The summed E-state index contributed by atoms with van der Waals surface area (Å²) in [6, 6.07) is 11.9. The molecule has 0 amide bonds. The lowest BCUT2D eigenvalue weighted by Crippen LogP contribution is -2.43. The molecule has 0 aliphatic carbocycles. The Balaban J connectivity index is 2.09. The fourth-order valence-electron chi connectivity index (χ4n) is 2.38. The summed E-state index contributed by atoms with van der Waals surface area (Å²) in [4.78, 5) is 8.71. The molecule has 2 N–H and O–H groups in total. The zero-order valence-corrected chi connectivity index (χ0v) is 17.5. The Morgan fingerprint density at radius 3 is 2.54 bits per heavy atom. The topological polar surface area (TPSA) is 67.8 Å². The predicted octanol–water partition coefficient (Wildman–Crippen LogP) is 4.37. The van der Waals surface area contributed by atoms with Crippen molar-refractivity contribution in [3.05, 3.63) is 48.2 Å². The Labute approximate surface area is 168 Å². The molecule has 0 saturated carbocycles. The van der Waals surface area contributed by atoms with Gasteiger partial charge in [-0.1, -0.05) is 39.0 Å². The second-order valence-corrected chi connectivity index (χ2v) is 6.97. The Morgan fingerprint density at radius 2 is 1.86 bits per heavy atom. The molecule has 152 valence electrons. The number of pyridine rings is 1. The summed E-state index contributed by atoms with van der Waals surface area (Å²) in [5.74, 6) is 3.19. The zero-order chi connectivity index (χ0) is 20.4. The molecule has 2 aromatic rings. The number of ether oxygens (including phenoxy) is 2. The minimum Gasteiger partial charge on any atom is -0.490 e. The quantitative estimate of drug-likeness (QED) is 0.496. The molecule has 0 spiro atoms. The van der Waals surface area contributed by atoms with E-state index in [9.17, 15) is 0 Å². The van der Waals surface area contributed by atoms with Gasteiger partial charge in [-0.15, -0.1) is 0 Å². The molecular formula is C22H32N4O2. The van der Waals surface area contributed by atoms with E-state index in [-0.39, 0.29) is 0 Å². The van der Waals surface area contributed by atoms with Crippen LogP contribution in [0.25, 0.3) is 0 Å². The molecule has 0 fully saturated rings. The van der Waals surface area contributed by atoms with Crippen LogP contribution >= 0.6 is 0 Å². The fraction of sp³-hybridized carbons (Fsp3) is 0.455. The maximum absolute atomic E-state index is 6.09. The number of benzene rings is 1. The molecule has 0 saturated heterocycles. The minimum absolute atomic E-state index is 0.318. The van der Waals surface area contributed by atoms with Crippen LogP contribution in [0.15, 0.2) is 47.6 Å². The lowest BCUT2D eigenvalue weighted by atomic mass is 10.1. The van der Waals surface area contributed by atoms with Crippen molar-refractivity contribution in [1.29, 1.82) is 0 Å². The average Bonchev–Trinajstić information content (AvgIpc) is 2.71. The highest BCUT2D eigenvalue weighted by Gasteiger charge is 2.12. The molecule has 1 heterocycles. The second-order valence-electron chi connectivity index (χ2n) is 6.97. The van der Waals surface area contributed by atoms with Crippen molar-refractivity contribution >= 4 is 5.96 Å². The first kappa shape index (κ1) is 21.5. The van der Waals surface area contributed by atoms with Crippen LogP contribution in [0.5, 0.6) is 17.4 Å². The maximum atomic E-state index is 6.09. The van der Waals surface area contributed by atoms with E-state index in [4.69, 9.17) is 9.47 Å². The van der Waals surface area contributed by atoms with Crippen LogP contribution in [-0.2, 0) is 6.54 Å². The van der Waals surface area contributed by atoms with Gasteiger partial charge in [-0.3, -0.25) is 4.99 Å². The van der Waals surface area contributed by atoms with Crippen molar-refractivity contribution in [3.8, 4) is 17.4 Å². The number of guanidine groups is 1. The SMILES string of the molecule is CCCOc1ccccc1Oc1ncccc1CNC(=NC)NC(C)C(C)C. The Hall–Kier alpha value is -2.76. The molecular weight excluding hydrogens is 352 g/mol. The third-order valence-corrected chi connectivity index (χ3v) is 4.40. The molecule has 0 bridgehead atoms. The van der Waals surface area contributed by atoms with Crippen LogP contribution in [0.4, 0.5) is 0 Å². The summed E-state index contributed by atoms with van der Waals surface area (Å²) in [5.41, 5.74) is 0.938. The van der Waals surface area contributed by atoms with Crippen molar-refractivity contribution < 1.29 is 9.47 Å². The van der Waals surface area contributed by atoms with Crippen LogP contribution in [0.2, 0.25) is 0 Å². The highest BCUT2D eigenvalue weighted by atomic mass is 16.5. The molecule has 1 unspecified atom stereocenters. The van der Waals surface area contributed by atoms with E-state index >= 15 is 0 Å². The van der Waals surface area contributed by atoms with Gasteiger partial charge < -0.3 is 20.1 Å². The van der Waals surface area contributed by atoms with Crippen molar-refractivity contribution in [3.63, 3.8) is 0 Å². The van der Waals surface area contributed by atoms with E-state index in [1.54, 1.807) is 13.2 Å². The zero-order valence-electron chi connectivity index (χ0n) is 17.5. The highest BCUT2D eigenvalue weighted by molar-refractivity contribution is 5.80. The average molecular weight is 385 g/mol. The number of para-hydroxylation sites is 2. The lowest BCUT2D eigenvalue weighted by molar-refractivity contribution is 0.300. The minimum atomic E-state index is 0.318. The van der Waals surface area contributed by atoms with E-state index < -0.39 is 0 Å². The second kappa shape index (κ2) is 11.2. The highest BCUT2D eigenvalue weighted by Crippen LogP contribution is 2.31. The third kappa shape index (κ3) is 6.44. The lowest BCUT2D eigenvalue weighted by Gasteiger charge is -2.21. The third-order valence-electron chi connectivity index (χ3n) is 4.40. The standard InChI is InChI=1S/C22H32N4O2/c1-6-14-27-19-11-7-8-12-20(19)28-21-18(10-9-13-24-21)15-25-22(23-5)26-17(4)16(2)3/h7-13,16-17H,6,14-15H2,1-5H3,(H2,23,25,26). The maximum Gasteiger partial charge on any atom is 0.224 e. The molecule has 28 heavy (non-hydrogen) atoms. The van der Waals surface area contributed by atoms with Gasteiger partial charge in [0.1, 0.15) is 0 Å². The first-order chi connectivity index (χ1) is 13.5. The Morgan fingerprint density at radius 1 is 1.11 bits per heavy atom. The monoisotopic (exact) mass is 384 g/mol. The van der Waals surface area contributed by atoms with Gasteiger partial charge in [-0.25, -0.2) is 4.98 Å². The van der Waals surface area contributed by atoms with E-state index in [0.717, 1.165) is 23.7 Å². The van der Waals surface area contributed by atoms with Gasteiger partial charge in [0, 0.05) is 31.4 Å². The van der Waals surface area contributed by atoms with Crippen LogP contribution < -0.4 is 20.1 Å². The molecule has 1 atom stereocenters. The molecule has 6 nitrogen and oxygen atoms in total. The summed E-state index contributed by atoms with van der Waals surface area (Å²) < 4.78 is 11.9. The van der Waals surface area contributed by atoms with Gasteiger partial charge in [-0.05, 0) is 37.5 Å². The number of rotatable bonds is 9. The number of nitrogens with zero attached hydrogens (tertiary/aromatic N) is 2. The van der Waals surface area contributed by atoms with E-state index in [1.807, 2.05) is 36.4 Å². The van der Waals surface area contributed by atoms with Crippen LogP contribution in [0, 0.1) is 5.92 Å². The van der Waals surface area contributed by atoms with Gasteiger partial charge in [-0.2, -0.15) is 0 Å². The summed E-state index contributed by atoms with van der Waals surface area (Å²) in [6.07, 6.45) is 2.66. The van der Waals surface area contributed by atoms with Crippen LogP contribution in [-0.4, -0.2) is 30.6 Å². The largest absolute Gasteiger partial charge is 0.490 e. The predicted molar refractivity (Wildman–Crippen MR) is 114 cm³/mol. The molecule has 1 aromatic heterocycles. The van der Waals surface area contributed by atoms with Crippen molar-refractivity contribution in [2.24, 2.45) is 10.9 Å². The number of aromatic nitrogens is 1. The van der Waals surface area contributed by atoms with E-state index in [2.05, 4.69) is 48.3 Å². The summed E-state index contributed by atoms with van der Waals surface area (Å²) in [5, 5.41) is 6.73. The smallest absolute Gasteiger partial charge is 0.224 e. The van der Waals surface area contributed by atoms with Gasteiger partial charge in [0.2, 0.25) is 5.88 Å². The summed E-state index contributed by atoms with van der Waals surface area (Å²) in [6.45, 7) is 9.77. The first-order valence-electron chi connectivity index (χ1n) is 9.85. The van der Waals surface area contributed by atoms with Gasteiger partial charge >= 0.3 is 0 Å². The number of nitrogens with one attached hydrogen (secondary N) is 2. The number of hydrogen-bond acceptors (Lipinski definition) is 4. The molecule has 6 heteroatoms. The van der Waals surface area contributed by atoms with Gasteiger partial charge in [0.05, 0.1) is 6.61 Å². The first-order valence-corrected chi connectivity index (χ1v) is 9.85. The van der Waals surface area contributed by atoms with Crippen molar-refractivity contribution in [1.82, 2.24) is 15.6 Å². The molecule has 1 aromatic carbocycles. The van der Waals surface area contributed by atoms with E-state index in [0.29, 0.717) is 36.7 Å².